The van der Waals surface area contributed by atoms with Crippen LogP contribution in [-0.4, -0.2) is 42.9 Å². The summed E-state index contributed by atoms with van der Waals surface area (Å²) in [6.45, 7) is 3.54. The van der Waals surface area contributed by atoms with Crippen LogP contribution in [-0.2, 0) is 11.3 Å². The van der Waals surface area contributed by atoms with E-state index in [4.69, 9.17) is 0 Å². The van der Waals surface area contributed by atoms with Crippen molar-refractivity contribution in [2.45, 2.75) is 19.9 Å². The van der Waals surface area contributed by atoms with Gasteiger partial charge in [-0.3, -0.25) is 19.8 Å². The molecule has 0 atom stereocenters. The molecule has 1 aromatic rings. The molecule has 0 fully saturated rings. The van der Waals surface area contributed by atoms with Crippen LogP contribution < -0.4 is 10.6 Å². The first-order valence-electron chi connectivity index (χ1n) is 6.89. The number of nitro benzene ring substituents is 1. The first-order chi connectivity index (χ1) is 10.0. The average molecular weight is 294 g/mol. The number of nitro groups is 1. The molecule has 0 aliphatic carbocycles. The van der Waals surface area contributed by atoms with E-state index in [1.807, 2.05) is 11.8 Å². The number of hydrogen-bond donors (Lipinski definition) is 2. The summed E-state index contributed by atoms with van der Waals surface area (Å²) in [4.78, 5) is 24.0. The molecule has 0 aromatic heterocycles. The van der Waals surface area contributed by atoms with Gasteiger partial charge in [-0.2, -0.15) is 0 Å². The minimum Gasteiger partial charge on any atom is -0.388 e. The standard InChI is InChI=1S/C14H22N4O3/c1-4-7-17(10-14(19)16-3)9-11-8-12(18(20)21)5-6-13(11)15-2/h5-6,8,15H,4,7,9-10H2,1-3H3,(H,16,19). The van der Waals surface area contributed by atoms with Crippen LogP contribution in [0.5, 0.6) is 0 Å². The normalized spacial score (nSPS) is 10.5. The van der Waals surface area contributed by atoms with Crippen LogP contribution in [0, 0.1) is 10.1 Å². The largest absolute Gasteiger partial charge is 0.388 e. The molecule has 2 N–H and O–H groups in total. The van der Waals surface area contributed by atoms with Gasteiger partial charge in [0.15, 0.2) is 0 Å². The Morgan fingerprint density at radius 2 is 2.10 bits per heavy atom. The Morgan fingerprint density at radius 1 is 1.38 bits per heavy atom. The van der Waals surface area contributed by atoms with E-state index in [0.29, 0.717) is 6.54 Å². The third-order valence-electron chi connectivity index (χ3n) is 3.15. The molecule has 0 bridgehead atoms. The third kappa shape index (κ3) is 5.03. The number of amides is 1. The molecule has 0 aliphatic heterocycles. The summed E-state index contributed by atoms with van der Waals surface area (Å²) in [6.07, 6.45) is 0.904. The smallest absolute Gasteiger partial charge is 0.269 e. The number of benzene rings is 1. The summed E-state index contributed by atoms with van der Waals surface area (Å²) in [7, 11) is 3.37. The van der Waals surface area contributed by atoms with Gasteiger partial charge >= 0.3 is 0 Å². The average Bonchev–Trinajstić information content (AvgIpc) is 2.47. The van der Waals surface area contributed by atoms with Gasteiger partial charge in [-0.05, 0) is 24.6 Å². The number of likely N-dealkylation sites (N-methyl/N-ethyl adjacent to an activating group) is 1. The van der Waals surface area contributed by atoms with Crippen molar-refractivity contribution in [3.8, 4) is 0 Å². The van der Waals surface area contributed by atoms with Gasteiger partial charge in [-0.25, -0.2) is 0 Å². The number of hydrogen-bond acceptors (Lipinski definition) is 5. The number of carbonyl (C=O) groups excluding carboxylic acids is 1. The van der Waals surface area contributed by atoms with E-state index in [-0.39, 0.29) is 18.1 Å². The summed E-state index contributed by atoms with van der Waals surface area (Å²) in [6, 6.07) is 4.72. The number of non-ortho nitro benzene ring substituents is 1. The Kier molecular flexibility index (Phi) is 6.61. The maximum atomic E-state index is 11.5. The van der Waals surface area contributed by atoms with Gasteiger partial charge < -0.3 is 10.6 Å². The summed E-state index contributed by atoms with van der Waals surface area (Å²) in [5.41, 5.74) is 1.70. The van der Waals surface area contributed by atoms with Crippen LogP contribution >= 0.6 is 0 Å². The maximum Gasteiger partial charge on any atom is 0.269 e. The van der Waals surface area contributed by atoms with E-state index in [1.165, 1.54) is 6.07 Å². The molecule has 7 heteroatoms. The van der Waals surface area contributed by atoms with Gasteiger partial charge in [0.05, 0.1) is 11.5 Å². The number of carbonyl (C=O) groups is 1. The number of nitrogens with one attached hydrogen (secondary N) is 2. The lowest BCUT2D eigenvalue weighted by molar-refractivity contribution is -0.384. The van der Waals surface area contributed by atoms with Gasteiger partial charge in [-0.15, -0.1) is 0 Å². The van der Waals surface area contributed by atoms with Gasteiger partial charge in [-0.1, -0.05) is 6.92 Å². The van der Waals surface area contributed by atoms with Crippen molar-refractivity contribution in [1.82, 2.24) is 10.2 Å². The van der Waals surface area contributed by atoms with Crippen molar-refractivity contribution in [3.05, 3.63) is 33.9 Å². The third-order valence-corrected chi connectivity index (χ3v) is 3.15. The highest BCUT2D eigenvalue weighted by molar-refractivity contribution is 5.77. The van der Waals surface area contributed by atoms with Crippen LogP contribution in [0.25, 0.3) is 0 Å². The lowest BCUT2D eigenvalue weighted by Gasteiger charge is -2.22. The number of nitrogens with zero attached hydrogens (tertiary/aromatic N) is 2. The number of rotatable bonds is 8. The maximum absolute atomic E-state index is 11.5. The molecule has 0 radical (unpaired) electrons. The van der Waals surface area contributed by atoms with Crippen LogP contribution in [0.15, 0.2) is 18.2 Å². The Morgan fingerprint density at radius 3 is 2.62 bits per heavy atom. The molecular weight excluding hydrogens is 272 g/mol. The molecule has 0 aliphatic rings. The van der Waals surface area contributed by atoms with Crippen LogP contribution in [0.3, 0.4) is 0 Å². The predicted molar refractivity (Wildman–Crippen MR) is 82.3 cm³/mol. The van der Waals surface area contributed by atoms with E-state index in [1.54, 1.807) is 26.2 Å². The highest BCUT2D eigenvalue weighted by Gasteiger charge is 2.15. The fourth-order valence-electron chi connectivity index (χ4n) is 2.12. The van der Waals surface area contributed by atoms with Crippen LogP contribution in [0.1, 0.15) is 18.9 Å². The van der Waals surface area contributed by atoms with E-state index < -0.39 is 4.92 Å². The Labute approximate surface area is 124 Å². The molecule has 1 rings (SSSR count). The molecule has 1 amide bonds. The lowest BCUT2D eigenvalue weighted by Crippen LogP contribution is -2.35. The minimum absolute atomic E-state index is 0.0559. The first-order valence-corrected chi connectivity index (χ1v) is 6.89. The molecule has 116 valence electrons. The zero-order chi connectivity index (χ0) is 15.8. The summed E-state index contributed by atoms with van der Waals surface area (Å²) in [5.74, 6) is -0.0695. The zero-order valence-corrected chi connectivity index (χ0v) is 12.7. The summed E-state index contributed by atoms with van der Waals surface area (Å²) in [5, 5.41) is 16.5. The fourth-order valence-corrected chi connectivity index (χ4v) is 2.12. The fraction of sp³-hybridized carbons (Fsp3) is 0.500. The molecular formula is C14H22N4O3. The summed E-state index contributed by atoms with van der Waals surface area (Å²) < 4.78 is 0. The van der Waals surface area contributed by atoms with Crippen molar-refractivity contribution in [2.24, 2.45) is 0 Å². The SMILES string of the molecule is CCCN(CC(=O)NC)Cc1cc([N+](=O)[O-])ccc1NC. The minimum atomic E-state index is -0.411. The highest BCUT2D eigenvalue weighted by atomic mass is 16.6. The Bertz CT molecular complexity index is 505. The van der Waals surface area contributed by atoms with Crippen molar-refractivity contribution < 1.29 is 9.72 Å². The topological polar surface area (TPSA) is 87.5 Å². The molecule has 21 heavy (non-hydrogen) atoms. The molecule has 1 aromatic carbocycles. The number of anilines is 1. The second-order valence-electron chi connectivity index (χ2n) is 4.73. The first kappa shape index (κ1) is 16.9. The van der Waals surface area contributed by atoms with Gasteiger partial charge in [0.25, 0.3) is 5.69 Å². The van der Waals surface area contributed by atoms with Crippen molar-refractivity contribution >= 4 is 17.3 Å². The van der Waals surface area contributed by atoms with Gasteiger partial charge in [0, 0.05) is 38.5 Å². The second-order valence-corrected chi connectivity index (χ2v) is 4.73. The predicted octanol–water partition coefficient (Wildman–Crippen LogP) is 1.59. The van der Waals surface area contributed by atoms with Gasteiger partial charge in [0.1, 0.15) is 0 Å². The van der Waals surface area contributed by atoms with E-state index >= 15 is 0 Å². The molecule has 0 saturated heterocycles. The zero-order valence-electron chi connectivity index (χ0n) is 12.7. The highest BCUT2D eigenvalue weighted by Crippen LogP contribution is 2.23. The van der Waals surface area contributed by atoms with E-state index in [9.17, 15) is 14.9 Å². The van der Waals surface area contributed by atoms with Gasteiger partial charge in [0.2, 0.25) is 5.91 Å². The summed E-state index contributed by atoms with van der Waals surface area (Å²) >= 11 is 0. The van der Waals surface area contributed by atoms with Crippen LogP contribution in [0.2, 0.25) is 0 Å². The Balaban J connectivity index is 2.97. The van der Waals surface area contributed by atoms with Crippen molar-refractivity contribution in [3.63, 3.8) is 0 Å². The van der Waals surface area contributed by atoms with Crippen molar-refractivity contribution in [1.29, 1.82) is 0 Å². The molecule has 0 unspecified atom stereocenters. The molecule has 7 nitrogen and oxygen atoms in total. The monoisotopic (exact) mass is 294 g/mol. The van der Waals surface area contributed by atoms with Crippen molar-refractivity contribution in [2.75, 3.05) is 32.5 Å². The second kappa shape index (κ2) is 8.21. The molecule has 0 heterocycles. The quantitative estimate of drug-likeness (QED) is 0.561. The Hall–Kier alpha value is -2.15. The molecule has 0 saturated carbocycles. The van der Waals surface area contributed by atoms with Crippen LogP contribution in [0.4, 0.5) is 11.4 Å². The molecule has 0 spiro atoms. The lowest BCUT2D eigenvalue weighted by atomic mass is 10.1. The van der Waals surface area contributed by atoms with E-state index in [0.717, 1.165) is 24.2 Å². The van der Waals surface area contributed by atoms with E-state index in [2.05, 4.69) is 10.6 Å².